The second-order valence-electron chi connectivity index (χ2n) is 6.19. The molecule has 0 bridgehead atoms. The molecular weight excluding hydrogens is 424 g/mol. The van der Waals surface area contributed by atoms with Gasteiger partial charge in [0.1, 0.15) is 4.21 Å². The zero-order chi connectivity index (χ0) is 18.1. The van der Waals surface area contributed by atoms with Crippen molar-refractivity contribution in [2.75, 3.05) is 13.6 Å². The van der Waals surface area contributed by atoms with Gasteiger partial charge >= 0.3 is 0 Å². The van der Waals surface area contributed by atoms with Crippen LogP contribution >= 0.6 is 27.3 Å². The van der Waals surface area contributed by atoms with Gasteiger partial charge in [0.05, 0.1) is 12.1 Å². The van der Waals surface area contributed by atoms with Gasteiger partial charge in [-0.25, -0.2) is 8.42 Å². The van der Waals surface area contributed by atoms with Crippen LogP contribution in [-0.4, -0.2) is 32.2 Å². The summed E-state index contributed by atoms with van der Waals surface area (Å²) in [4.78, 5) is 12.5. The highest BCUT2D eigenvalue weighted by molar-refractivity contribution is 9.10. The van der Waals surface area contributed by atoms with Crippen molar-refractivity contribution in [3.8, 4) is 0 Å². The van der Waals surface area contributed by atoms with Crippen LogP contribution in [0.5, 0.6) is 0 Å². The maximum atomic E-state index is 12.5. The van der Waals surface area contributed by atoms with Crippen LogP contribution in [-0.2, 0) is 20.4 Å². The van der Waals surface area contributed by atoms with Crippen molar-refractivity contribution in [3.63, 3.8) is 0 Å². The average Bonchev–Trinajstić information content (AvgIpc) is 3.06. The van der Waals surface area contributed by atoms with Gasteiger partial charge in [-0.05, 0) is 48.4 Å². The first-order valence-electron chi connectivity index (χ1n) is 7.90. The van der Waals surface area contributed by atoms with E-state index < -0.39 is 15.6 Å². The maximum Gasteiger partial charge on any atom is 0.252 e. The Morgan fingerprint density at radius 2 is 2.08 bits per heavy atom. The summed E-state index contributed by atoms with van der Waals surface area (Å²) in [6.07, 6.45) is 2.75. The van der Waals surface area contributed by atoms with Crippen LogP contribution in [0.15, 0.2) is 50.5 Å². The third kappa shape index (κ3) is 3.81. The Balaban J connectivity index is 1.71. The molecule has 1 amide bonds. The van der Waals surface area contributed by atoms with Crippen LogP contribution in [0, 0.1) is 0 Å². The van der Waals surface area contributed by atoms with Gasteiger partial charge in [-0.15, -0.1) is 11.3 Å². The number of nitrogens with one attached hydrogen (secondary N) is 1. The molecule has 1 aliphatic carbocycles. The van der Waals surface area contributed by atoms with Crippen LogP contribution < -0.4 is 5.32 Å². The fourth-order valence-corrected chi connectivity index (χ4v) is 5.69. The number of hydrogen-bond acceptors (Lipinski definition) is 4. The first-order chi connectivity index (χ1) is 11.8. The van der Waals surface area contributed by atoms with Crippen molar-refractivity contribution >= 4 is 43.2 Å². The van der Waals surface area contributed by atoms with Gasteiger partial charge in [0.15, 0.2) is 0 Å². The lowest BCUT2D eigenvalue weighted by Crippen LogP contribution is -2.53. The highest BCUT2D eigenvalue weighted by Crippen LogP contribution is 2.41. The van der Waals surface area contributed by atoms with Gasteiger partial charge in [-0.3, -0.25) is 4.79 Å². The Morgan fingerprint density at radius 1 is 1.32 bits per heavy atom. The van der Waals surface area contributed by atoms with E-state index in [2.05, 4.69) is 21.2 Å². The first-order valence-corrected chi connectivity index (χ1v) is 11.0. The number of likely N-dealkylation sites (N-methyl/N-ethyl adjacent to an activating group) is 1. The van der Waals surface area contributed by atoms with Crippen LogP contribution in [0.1, 0.15) is 24.8 Å². The van der Waals surface area contributed by atoms with Crippen molar-refractivity contribution < 1.29 is 13.2 Å². The topological polar surface area (TPSA) is 66.5 Å². The summed E-state index contributed by atoms with van der Waals surface area (Å²) in [6.45, 7) is -0.198. The molecular formula is C17H19BrN2O3S2. The summed E-state index contributed by atoms with van der Waals surface area (Å²) in [5.41, 5.74) is 0.652. The molecule has 1 aromatic heterocycles. The fourth-order valence-electron chi connectivity index (χ4n) is 2.96. The lowest BCUT2D eigenvalue weighted by molar-refractivity contribution is -0.124. The zero-order valence-electron chi connectivity index (χ0n) is 13.7. The van der Waals surface area contributed by atoms with Crippen LogP contribution in [0.2, 0.25) is 0 Å². The normalized spacial score (nSPS) is 16.4. The summed E-state index contributed by atoms with van der Waals surface area (Å²) >= 11 is 4.61. The third-order valence-electron chi connectivity index (χ3n) is 4.49. The molecule has 0 saturated heterocycles. The Labute approximate surface area is 160 Å². The number of benzene rings is 1. The van der Waals surface area contributed by atoms with Crippen LogP contribution in [0.4, 0.5) is 0 Å². The SMILES string of the molecule is CN(CC(=O)NC1(c2cccc(Br)c2)CCC1)S(=O)(=O)c1cccs1. The van der Waals surface area contributed by atoms with Crippen molar-refractivity contribution in [2.24, 2.45) is 0 Å². The molecule has 0 atom stereocenters. The van der Waals surface area contributed by atoms with Gasteiger partial charge < -0.3 is 5.32 Å². The van der Waals surface area contributed by atoms with Crippen molar-refractivity contribution in [1.29, 1.82) is 0 Å². The Hall–Kier alpha value is -1.22. The van der Waals surface area contributed by atoms with Gasteiger partial charge in [0, 0.05) is 11.5 Å². The van der Waals surface area contributed by atoms with E-state index in [-0.39, 0.29) is 16.7 Å². The molecule has 1 aliphatic rings. The monoisotopic (exact) mass is 442 g/mol. The van der Waals surface area contributed by atoms with Crippen molar-refractivity contribution in [3.05, 3.63) is 51.8 Å². The van der Waals surface area contributed by atoms with E-state index in [1.807, 2.05) is 24.3 Å². The lowest BCUT2D eigenvalue weighted by Gasteiger charge is -2.43. The highest BCUT2D eigenvalue weighted by atomic mass is 79.9. The molecule has 1 aromatic carbocycles. The molecule has 2 aromatic rings. The minimum absolute atomic E-state index is 0.198. The molecule has 134 valence electrons. The van der Waals surface area contributed by atoms with Crippen LogP contribution in [0.3, 0.4) is 0 Å². The molecule has 3 rings (SSSR count). The van der Waals surface area contributed by atoms with Gasteiger partial charge in [0.25, 0.3) is 10.0 Å². The quantitative estimate of drug-likeness (QED) is 0.745. The number of sulfonamides is 1. The molecule has 0 spiro atoms. The maximum absolute atomic E-state index is 12.5. The zero-order valence-corrected chi connectivity index (χ0v) is 17.0. The molecule has 1 fully saturated rings. The number of carbonyl (C=O) groups excluding carboxylic acids is 1. The summed E-state index contributed by atoms with van der Waals surface area (Å²) < 4.78 is 27.2. The number of amides is 1. The molecule has 1 saturated carbocycles. The van der Waals surface area contributed by atoms with E-state index in [0.29, 0.717) is 0 Å². The number of halogens is 1. The predicted molar refractivity (Wildman–Crippen MR) is 102 cm³/mol. The highest BCUT2D eigenvalue weighted by Gasteiger charge is 2.40. The third-order valence-corrected chi connectivity index (χ3v) is 8.16. The van der Waals surface area contributed by atoms with Crippen LogP contribution in [0.25, 0.3) is 0 Å². The van der Waals surface area contributed by atoms with E-state index >= 15 is 0 Å². The van der Waals surface area contributed by atoms with E-state index in [9.17, 15) is 13.2 Å². The standard InChI is InChI=1S/C17H19BrN2O3S2/c1-20(25(22,23)16-7-3-10-24-16)12-15(21)19-17(8-4-9-17)13-5-2-6-14(18)11-13/h2-3,5-7,10-11H,4,8-9,12H2,1H3,(H,19,21). The average molecular weight is 443 g/mol. The molecule has 1 heterocycles. The molecule has 25 heavy (non-hydrogen) atoms. The van der Waals surface area contributed by atoms with E-state index in [4.69, 9.17) is 0 Å². The second-order valence-corrected chi connectivity index (χ2v) is 10.3. The number of carbonyl (C=O) groups is 1. The van der Waals surface area contributed by atoms with E-state index in [1.165, 1.54) is 7.05 Å². The predicted octanol–water partition coefficient (Wildman–Crippen LogP) is 3.33. The number of nitrogens with zero attached hydrogens (tertiary/aromatic N) is 1. The number of thiophene rings is 1. The second kappa shape index (κ2) is 7.19. The van der Waals surface area contributed by atoms with Crippen molar-refractivity contribution in [2.45, 2.75) is 29.0 Å². The molecule has 0 aliphatic heterocycles. The van der Waals surface area contributed by atoms with E-state index in [1.54, 1.807) is 17.5 Å². The van der Waals surface area contributed by atoms with Crippen molar-refractivity contribution in [1.82, 2.24) is 9.62 Å². The minimum atomic E-state index is -3.62. The van der Waals surface area contributed by atoms with Gasteiger partial charge in [0.2, 0.25) is 5.91 Å². The number of rotatable bonds is 6. The fraction of sp³-hybridized carbons (Fsp3) is 0.353. The largest absolute Gasteiger partial charge is 0.345 e. The first kappa shape index (κ1) is 18.6. The molecule has 8 heteroatoms. The minimum Gasteiger partial charge on any atom is -0.345 e. The number of hydrogen-bond donors (Lipinski definition) is 1. The molecule has 0 radical (unpaired) electrons. The Morgan fingerprint density at radius 3 is 2.64 bits per heavy atom. The summed E-state index contributed by atoms with van der Waals surface area (Å²) in [5, 5.41) is 4.76. The Bertz CT molecular complexity index is 862. The lowest BCUT2D eigenvalue weighted by atomic mass is 9.72. The smallest absolute Gasteiger partial charge is 0.252 e. The summed E-state index contributed by atoms with van der Waals surface area (Å²) in [7, 11) is -2.19. The Kier molecular flexibility index (Phi) is 5.34. The summed E-state index contributed by atoms with van der Waals surface area (Å²) in [5.74, 6) is -0.290. The molecule has 1 N–H and O–H groups in total. The van der Waals surface area contributed by atoms with Gasteiger partial charge in [-0.2, -0.15) is 4.31 Å². The van der Waals surface area contributed by atoms with Gasteiger partial charge in [-0.1, -0.05) is 34.1 Å². The molecule has 0 unspecified atom stereocenters. The molecule has 5 nitrogen and oxygen atoms in total. The summed E-state index contributed by atoms with van der Waals surface area (Å²) in [6, 6.07) is 11.1. The van der Waals surface area contributed by atoms with E-state index in [0.717, 1.165) is 44.9 Å².